The highest BCUT2D eigenvalue weighted by Gasteiger charge is 2.25. The minimum Gasteiger partial charge on any atom is -0.465 e. The van der Waals surface area contributed by atoms with E-state index in [1.165, 1.54) is 7.11 Å². The molecular weight excluding hydrogens is 222 g/mol. The minimum atomic E-state index is -0.439. The molecule has 0 saturated heterocycles. The van der Waals surface area contributed by atoms with E-state index in [-0.39, 0.29) is 0 Å². The second kappa shape index (κ2) is 5.03. The second-order valence-electron chi connectivity index (χ2n) is 3.71. The van der Waals surface area contributed by atoms with Crippen molar-refractivity contribution in [2.24, 2.45) is 7.05 Å². The van der Waals surface area contributed by atoms with Crippen molar-refractivity contribution >= 4 is 11.9 Å². The number of ether oxygens (including phenoxy) is 2. The van der Waals surface area contributed by atoms with Gasteiger partial charge in [0, 0.05) is 12.7 Å². The lowest BCUT2D eigenvalue weighted by Gasteiger charge is -2.05. The van der Waals surface area contributed by atoms with Crippen molar-refractivity contribution in [2.75, 3.05) is 13.7 Å². The van der Waals surface area contributed by atoms with Gasteiger partial charge < -0.3 is 14.0 Å². The molecule has 0 atom stereocenters. The molecule has 0 radical (unpaired) electrons. The van der Waals surface area contributed by atoms with Gasteiger partial charge in [0.1, 0.15) is 5.69 Å². The van der Waals surface area contributed by atoms with Crippen LogP contribution in [0.25, 0.3) is 0 Å². The number of hydrogen-bond acceptors (Lipinski definition) is 4. The van der Waals surface area contributed by atoms with E-state index in [1.807, 2.05) is 0 Å². The molecule has 0 spiro atoms. The van der Waals surface area contributed by atoms with E-state index < -0.39 is 11.9 Å². The van der Waals surface area contributed by atoms with Crippen LogP contribution in [-0.2, 0) is 16.5 Å². The number of carbonyl (C=O) groups is 2. The number of esters is 2. The van der Waals surface area contributed by atoms with Crippen LogP contribution < -0.4 is 0 Å². The summed E-state index contributed by atoms with van der Waals surface area (Å²) in [6.07, 6.45) is 0. The van der Waals surface area contributed by atoms with Gasteiger partial charge in [-0.15, -0.1) is 0 Å². The Kier molecular flexibility index (Phi) is 3.93. The maximum Gasteiger partial charge on any atom is 0.355 e. The summed E-state index contributed by atoms with van der Waals surface area (Å²) < 4.78 is 11.3. The van der Waals surface area contributed by atoms with E-state index in [9.17, 15) is 9.59 Å². The first kappa shape index (κ1) is 13.3. The second-order valence-corrected chi connectivity index (χ2v) is 3.71. The largest absolute Gasteiger partial charge is 0.465 e. The summed E-state index contributed by atoms with van der Waals surface area (Å²) in [5.41, 5.74) is 2.11. The molecule has 1 aromatic heterocycles. The smallest absolute Gasteiger partial charge is 0.355 e. The van der Waals surface area contributed by atoms with Gasteiger partial charge in [-0.25, -0.2) is 9.59 Å². The zero-order chi connectivity index (χ0) is 13.2. The van der Waals surface area contributed by atoms with E-state index in [1.54, 1.807) is 32.4 Å². The number of methoxy groups -OCH3 is 1. The van der Waals surface area contributed by atoms with Crippen molar-refractivity contribution in [2.45, 2.75) is 20.8 Å². The third-order valence-electron chi connectivity index (χ3n) is 2.79. The van der Waals surface area contributed by atoms with Crippen molar-refractivity contribution < 1.29 is 19.1 Å². The number of aromatic nitrogens is 1. The molecule has 0 saturated carbocycles. The van der Waals surface area contributed by atoms with E-state index in [0.717, 1.165) is 0 Å². The van der Waals surface area contributed by atoms with E-state index in [0.29, 0.717) is 29.1 Å². The standard InChI is InChI=1S/C12H17NO4/c1-6-17-12(15)10-7(2)9(11(14)16-5)8(3)13(10)4/h6H2,1-5H3. The number of hydrogen-bond donors (Lipinski definition) is 0. The summed E-state index contributed by atoms with van der Waals surface area (Å²) in [7, 11) is 3.04. The first-order valence-corrected chi connectivity index (χ1v) is 5.36. The van der Waals surface area contributed by atoms with Gasteiger partial charge in [0.05, 0.1) is 19.3 Å². The molecule has 1 heterocycles. The highest BCUT2D eigenvalue weighted by atomic mass is 16.5. The molecule has 0 aliphatic rings. The SMILES string of the molecule is CCOC(=O)c1c(C)c(C(=O)OC)c(C)n1C. The Labute approximate surface area is 100 Å². The molecule has 0 N–H and O–H groups in total. The molecule has 0 fully saturated rings. The molecule has 0 bridgehead atoms. The molecule has 0 aliphatic carbocycles. The highest BCUT2D eigenvalue weighted by molar-refractivity contribution is 5.98. The Bertz CT molecular complexity index is 460. The molecule has 17 heavy (non-hydrogen) atoms. The van der Waals surface area contributed by atoms with Crippen molar-refractivity contribution in [3.05, 3.63) is 22.5 Å². The third kappa shape index (κ3) is 2.18. The Morgan fingerprint density at radius 3 is 2.29 bits per heavy atom. The van der Waals surface area contributed by atoms with Crippen LogP contribution in [0.2, 0.25) is 0 Å². The van der Waals surface area contributed by atoms with Gasteiger partial charge in [-0.3, -0.25) is 0 Å². The van der Waals surface area contributed by atoms with Crippen molar-refractivity contribution in [3.63, 3.8) is 0 Å². The van der Waals surface area contributed by atoms with Crippen LogP contribution in [0.5, 0.6) is 0 Å². The van der Waals surface area contributed by atoms with Crippen LogP contribution in [0.3, 0.4) is 0 Å². The van der Waals surface area contributed by atoms with Gasteiger partial charge in [-0.05, 0) is 26.3 Å². The fourth-order valence-corrected chi connectivity index (χ4v) is 1.87. The third-order valence-corrected chi connectivity index (χ3v) is 2.79. The zero-order valence-corrected chi connectivity index (χ0v) is 10.8. The summed E-state index contributed by atoms with van der Waals surface area (Å²) in [6.45, 7) is 5.52. The van der Waals surface area contributed by atoms with Gasteiger partial charge in [0.2, 0.25) is 0 Å². The zero-order valence-electron chi connectivity index (χ0n) is 10.8. The highest BCUT2D eigenvalue weighted by Crippen LogP contribution is 2.22. The van der Waals surface area contributed by atoms with Gasteiger partial charge in [0.15, 0.2) is 0 Å². The normalized spacial score (nSPS) is 10.2. The summed E-state index contributed by atoms with van der Waals surface area (Å²) >= 11 is 0. The van der Waals surface area contributed by atoms with Crippen molar-refractivity contribution in [1.82, 2.24) is 4.57 Å². The van der Waals surface area contributed by atoms with Crippen molar-refractivity contribution in [1.29, 1.82) is 0 Å². The summed E-state index contributed by atoms with van der Waals surface area (Å²) in [6, 6.07) is 0. The Hall–Kier alpha value is -1.78. The molecule has 0 amide bonds. The lowest BCUT2D eigenvalue weighted by Crippen LogP contribution is -2.11. The molecule has 94 valence electrons. The van der Waals surface area contributed by atoms with E-state index in [2.05, 4.69) is 0 Å². The Morgan fingerprint density at radius 1 is 1.24 bits per heavy atom. The molecule has 1 rings (SSSR count). The predicted molar refractivity (Wildman–Crippen MR) is 62.2 cm³/mol. The number of rotatable bonds is 3. The fraction of sp³-hybridized carbons (Fsp3) is 0.500. The lowest BCUT2D eigenvalue weighted by molar-refractivity contribution is 0.0514. The van der Waals surface area contributed by atoms with Gasteiger partial charge in [0.25, 0.3) is 0 Å². The maximum absolute atomic E-state index is 11.8. The number of carbonyl (C=O) groups excluding carboxylic acids is 2. The van der Waals surface area contributed by atoms with Gasteiger partial charge >= 0.3 is 11.9 Å². The monoisotopic (exact) mass is 239 g/mol. The predicted octanol–water partition coefficient (Wildman–Crippen LogP) is 1.61. The average Bonchev–Trinajstić information content (AvgIpc) is 2.50. The van der Waals surface area contributed by atoms with Crippen molar-refractivity contribution in [3.8, 4) is 0 Å². The van der Waals surface area contributed by atoms with E-state index >= 15 is 0 Å². The van der Waals surface area contributed by atoms with Crippen LogP contribution >= 0.6 is 0 Å². The van der Waals surface area contributed by atoms with Crippen LogP contribution in [0, 0.1) is 13.8 Å². The molecule has 1 aromatic rings. The van der Waals surface area contributed by atoms with Gasteiger partial charge in [-0.1, -0.05) is 0 Å². The molecule has 0 unspecified atom stereocenters. The quantitative estimate of drug-likeness (QED) is 0.752. The topological polar surface area (TPSA) is 57.5 Å². The first-order chi connectivity index (χ1) is 7.95. The maximum atomic E-state index is 11.8. The minimum absolute atomic E-state index is 0.302. The molecule has 0 aromatic carbocycles. The van der Waals surface area contributed by atoms with Crippen LogP contribution in [0.4, 0.5) is 0 Å². The molecule has 0 aliphatic heterocycles. The Morgan fingerprint density at radius 2 is 1.82 bits per heavy atom. The molecular formula is C12H17NO4. The average molecular weight is 239 g/mol. The molecule has 5 nitrogen and oxygen atoms in total. The fourth-order valence-electron chi connectivity index (χ4n) is 1.87. The molecule has 5 heteroatoms. The van der Waals surface area contributed by atoms with Crippen LogP contribution in [0.15, 0.2) is 0 Å². The number of nitrogens with zero attached hydrogens (tertiary/aromatic N) is 1. The lowest BCUT2D eigenvalue weighted by atomic mass is 10.1. The van der Waals surface area contributed by atoms with E-state index in [4.69, 9.17) is 9.47 Å². The van der Waals surface area contributed by atoms with Crippen LogP contribution in [0.1, 0.15) is 39.0 Å². The van der Waals surface area contributed by atoms with Crippen LogP contribution in [-0.4, -0.2) is 30.2 Å². The first-order valence-electron chi connectivity index (χ1n) is 5.36. The summed E-state index contributed by atoms with van der Waals surface area (Å²) in [5.74, 6) is -0.864. The summed E-state index contributed by atoms with van der Waals surface area (Å²) in [4.78, 5) is 23.4. The Balaban J connectivity index is 3.35. The van der Waals surface area contributed by atoms with Gasteiger partial charge in [-0.2, -0.15) is 0 Å². The summed E-state index contributed by atoms with van der Waals surface area (Å²) in [5, 5.41) is 0.